The quantitative estimate of drug-likeness (QED) is 0.617. The molecule has 1 aliphatic heterocycles. The van der Waals surface area contributed by atoms with Crippen molar-refractivity contribution in [2.75, 3.05) is 25.4 Å². The monoisotopic (exact) mass is 496 g/mol. The third-order valence-corrected chi connectivity index (χ3v) is 7.58. The second kappa shape index (κ2) is 10.3. The fourth-order valence-corrected chi connectivity index (χ4v) is 5.85. The number of rotatable bonds is 6. The van der Waals surface area contributed by atoms with Gasteiger partial charge in [-0.25, -0.2) is 4.79 Å². The topological polar surface area (TPSA) is 95.9 Å². The zero-order valence-corrected chi connectivity index (χ0v) is 21.1. The van der Waals surface area contributed by atoms with Crippen LogP contribution in [0.5, 0.6) is 0 Å². The first-order valence-corrected chi connectivity index (χ1v) is 12.9. The molecule has 2 aromatic rings. The van der Waals surface area contributed by atoms with Crippen LogP contribution in [0.25, 0.3) is 11.1 Å². The molecule has 2 N–H and O–H groups in total. The molecule has 1 saturated heterocycles. The lowest BCUT2D eigenvalue weighted by Crippen LogP contribution is -2.54. The summed E-state index contributed by atoms with van der Waals surface area (Å²) in [6.07, 6.45) is -0.229. The zero-order valence-electron chi connectivity index (χ0n) is 20.3. The maximum atomic E-state index is 13.3. The highest BCUT2D eigenvalue weighted by Crippen LogP contribution is 2.44. The Labute approximate surface area is 210 Å². The van der Waals surface area contributed by atoms with Crippen molar-refractivity contribution in [1.82, 2.24) is 10.2 Å². The number of nitrogens with zero attached hydrogens (tertiary/aromatic N) is 1. The average molecular weight is 497 g/mol. The van der Waals surface area contributed by atoms with Crippen LogP contribution in [0, 0.1) is 5.41 Å². The number of nitrogens with one attached hydrogen (secondary N) is 1. The van der Waals surface area contributed by atoms with Crippen LogP contribution in [0.3, 0.4) is 0 Å². The van der Waals surface area contributed by atoms with Crippen LogP contribution >= 0.6 is 11.8 Å². The summed E-state index contributed by atoms with van der Waals surface area (Å²) in [5.41, 5.74) is 4.31. The average Bonchev–Trinajstić information content (AvgIpc) is 3.15. The Morgan fingerprint density at radius 2 is 1.69 bits per heavy atom. The molecule has 0 aromatic heterocycles. The molecular weight excluding hydrogens is 464 g/mol. The summed E-state index contributed by atoms with van der Waals surface area (Å²) in [7, 11) is 0. The predicted molar refractivity (Wildman–Crippen MR) is 137 cm³/mol. The Hall–Kier alpha value is -3.00. The molecule has 1 heterocycles. The van der Waals surface area contributed by atoms with Crippen molar-refractivity contribution in [3.05, 3.63) is 59.7 Å². The van der Waals surface area contributed by atoms with Crippen LogP contribution in [0.15, 0.2) is 48.5 Å². The number of benzene rings is 2. The van der Waals surface area contributed by atoms with Gasteiger partial charge in [0.2, 0.25) is 5.91 Å². The minimum Gasteiger partial charge on any atom is -0.480 e. The molecule has 8 heteroatoms. The smallest absolute Gasteiger partial charge is 0.407 e. The molecule has 0 spiro atoms. The maximum Gasteiger partial charge on any atom is 0.407 e. The first kappa shape index (κ1) is 25.1. The maximum absolute atomic E-state index is 13.3. The van der Waals surface area contributed by atoms with Crippen molar-refractivity contribution in [2.24, 2.45) is 5.41 Å². The highest BCUT2D eigenvalue weighted by Gasteiger charge is 2.35. The Kier molecular flexibility index (Phi) is 7.40. The normalized spacial score (nSPS) is 18.4. The van der Waals surface area contributed by atoms with Crippen molar-refractivity contribution < 1.29 is 24.2 Å². The predicted octanol–water partition coefficient (Wildman–Crippen LogP) is 4.36. The van der Waals surface area contributed by atoms with Gasteiger partial charge in [0.05, 0.1) is 0 Å². The van der Waals surface area contributed by atoms with Gasteiger partial charge in [-0.15, -0.1) is 11.8 Å². The number of alkyl carbamates (subject to hydrolysis) is 1. The molecule has 2 aliphatic rings. The summed E-state index contributed by atoms with van der Waals surface area (Å²) in [5, 5.41) is 11.5. The first-order chi connectivity index (χ1) is 16.6. The van der Waals surface area contributed by atoms with Crippen LogP contribution in [0.1, 0.15) is 44.2 Å². The molecule has 2 aromatic carbocycles. The van der Waals surface area contributed by atoms with E-state index in [9.17, 15) is 19.5 Å². The van der Waals surface area contributed by atoms with Gasteiger partial charge in [-0.1, -0.05) is 69.3 Å². The lowest BCUT2D eigenvalue weighted by Gasteiger charge is -2.35. The molecule has 4 rings (SSSR count). The number of fused-ring (bicyclic) bond motifs is 3. The molecular formula is C27H32N2O5S. The zero-order chi connectivity index (χ0) is 25.2. The van der Waals surface area contributed by atoms with E-state index in [0.717, 1.165) is 22.3 Å². The number of aliphatic carboxylic acids is 1. The second-order valence-electron chi connectivity index (χ2n) is 10.3. The molecule has 1 aliphatic carbocycles. The summed E-state index contributed by atoms with van der Waals surface area (Å²) in [6, 6.07) is 15.4. The summed E-state index contributed by atoms with van der Waals surface area (Å²) in [6.45, 7) is 6.75. The molecule has 0 bridgehead atoms. The van der Waals surface area contributed by atoms with E-state index in [1.54, 1.807) is 4.90 Å². The Bertz CT molecular complexity index is 1070. The van der Waals surface area contributed by atoms with Gasteiger partial charge in [-0.3, -0.25) is 9.59 Å². The number of carboxylic acids is 1. The van der Waals surface area contributed by atoms with E-state index in [-0.39, 0.29) is 30.4 Å². The molecule has 1 fully saturated rings. The third kappa shape index (κ3) is 5.81. The second-order valence-corrected chi connectivity index (χ2v) is 11.6. The Morgan fingerprint density at radius 3 is 2.26 bits per heavy atom. The summed E-state index contributed by atoms with van der Waals surface area (Å²) >= 11 is 1.34. The SMILES string of the molecule is CC(C)(C)CC(NC(=O)OCC1c2ccccc2-c2ccccc21)C(=O)N1CCSC(C(=O)O)C1. The van der Waals surface area contributed by atoms with Gasteiger partial charge in [0.1, 0.15) is 17.9 Å². The van der Waals surface area contributed by atoms with Crippen molar-refractivity contribution in [3.8, 4) is 11.1 Å². The lowest BCUT2D eigenvalue weighted by molar-refractivity contribution is -0.139. The van der Waals surface area contributed by atoms with E-state index in [1.807, 2.05) is 45.0 Å². The van der Waals surface area contributed by atoms with Crippen LogP contribution in [-0.4, -0.2) is 64.7 Å². The molecule has 35 heavy (non-hydrogen) atoms. The summed E-state index contributed by atoms with van der Waals surface area (Å²) in [5.74, 6) is -0.708. The molecule has 0 radical (unpaired) electrons. The standard InChI is InChI=1S/C27H32N2O5S/c1-27(2,3)14-22(24(30)29-12-13-35-23(15-29)25(31)32)28-26(33)34-16-21-19-10-6-4-8-17(19)18-9-5-7-11-20(18)21/h4-11,21-23H,12-16H2,1-3H3,(H,28,33)(H,31,32). The van der Waals surface area contributed by atoms with Crippen molar-refractivity contribution in [2.45, 2.75) is 44.4 Å². The van der Waals surface area contributed by atoms with E-state index in [1.165, 1.54) is 11.8 Å². The number of carbonyl (C=O) groups is 3. The minimum absolute atomic E-state index is 0.0691. The van der Waals surface area contributed by atoms with Gasteiger partial charge in [0, 0.05) is 24.8 Å². The van der Waals surface area contributed by atoms with Crippen LogP contribution in [0.2, 0.25) is 0 Å². The molecule has 0 saturated carbocycles. The fraction of sp³-hybridized carbons (Fsp3) is 0.444. The van der Waals surface area contributed by atoms with Gasteiger partial charge in [0.15, 0.2) is 0 Å². The summed E-state index contributed by atoms with van der Waals surface area (Å²) < 4.78 is 5.66. The molecule has 2 unspecified atom stereocenters. The number of carbonyl (C=O) groups excluding carboxylic acids is 2. The minimum atomic E-state index is -0.927. The number of ether oxygens (including phenoxy) is 1. The van der Waals surface area contributed by atoms with E-state index in [0.29, 0.717) is 18.7 Å². The number of hydrogen-bond donors (Lipinski definition) is 2. The Morgan fingerprint density at radius 1 is 1.09 bits per heavy atom. The number of thioether (sulfide) groups is 1. The van der Waals surface area contributed by atoms with Crippen molar-refractivity contribution in [1.29, 1.82) is 0 Å². The molecule has 2 amide bonds. The number of amides is 2. The largest absolute Gasteiger partial charge is 0.480 e. The fourth-order valence-electron chi connectivity index (χ4n) is 4.81. The lowest BCUT2D eigenvalue weighted by atomic mass is 9.87. The third-order valence-electron chi connectivity index (χ3n) is 6.40. The van der Waals surface area contributed by atoms with E-state index in [4.69, 9.17) is 4.74 Å². The van der Waals surface area contributed by atoms with Gasteiger partial charge in [-0.2, -0.15) is 0 Å². The van der Waals surface area contributed by atoms with E-state index >= 15 is 0 Å². The van der Waals surface area contributed by atoms with Gasteiger partial charge < -0.3 is 20.1 Å². The molecule has 2 atom stereocenters. The first-order valence-electron chi connectivity index (χ1n) is 11.9. The van der Waals surface area contributed by atoms with Crippen LogP contribution < -0.4 is 5.32 Å². The van der Waals surface area contributed by atoms with Gasteiger partial charge in [0.25, 0.3) is 0 Å². The number of carboxylic acid groups (broad SMARTS) is 1. The van der Waals surface area contributed by atoms with E-state index < -0.39 is 23.4 Å². The number of hydrogen-bond acceptors (Lipinski definition) is 5. The van der Waals surface area contributed by atoms with Crippen LogP contribution in [-0.2, 0) is 14.3 Å². The van der Waals surface area contributed by atoms with Gasteiger partial charge in [-0.05, 0) is 34.1 Å². The van der Waals surface area contributed by atoms with Gasteiger partial charge >= 0.3 is 12.1 Å². The Balaban J connectivity index is 1.44. The van der Waals surface area contributed by atoms with Crippen molar-refractivity contribution in [3.63, 3.8) is 0 Å². The highest BCUT2D eigenvalue weighted by atomic mass is 32.2. The van der Waals surface area contributed by atoms with E-state index in [2.05, 4.69) is 29.6 Å². The van der Waals surface area contributed by atoms with Crippen molar-refractivity contribution >= 4 is 29.7 Å². The summed E-state index contributed by atoms with van der Waals surface area (Å²) in [4.78, 5) is 39.2. The highest BCUT2D eigenvalue weighted by molar-refractivity contribution is 8.00. The van der Waals surface area contributed by atoms with Crippen LogP contribution in [0.4, 0.5) is 4.79 Å². The molecule has 7 nitrogen and oxygen atoms in total. The molecule has 186 valence electrons.